The maximum absolute atomic E-state index is 5.71. The Morgan fingerprint density at radius 2 is 2.13 bits per heavy atom. The summed E-state index contributed by atoms with van der Waals surface area (Å²) in [7, 11) is 0. The van der Waals surface area contributed by atoms with Crippen molar-refractivity contribution in [2.45, 2.75) is 44.7 Å². The molecule has 0 saturated heterocycles. The van der Waals surface area contributed by atoms with E-state index in [1.807, 2.05) is 0 Å². The third-order valence-electron chi connectivity index (χ3n) is 3.85. The van der Waals surface area contributed by atoms with Crippen molar-refractivity contribution in [1.29, 1.82) is 0 Å². The van der Waals surface area contributed by atoms with Crippen LogP contribution in [0.25, 0.3) is 0 Å². The Morgan fingerprint density at radius 1 is 1.27 bits per heavy atom. The number of aromatic nitrogens is 1. The quantitative estimate of drug-likeness (QED) is 0.698. The van der Waals surface area contributed by atoms with Gasteiger partial charge in [0.05, 0.1) is 0 Å². The van der Waals surface area contributed by atoms with Crippen molar-refractivity contribution >= 4 is 0 Å². The highest BCUT2D eigenvalue weighted by Crippen LogP contribution is 2.40. The third-order valence-corrected chi connectivity index (χ3v) is 3.85. The lowest BCUT2D eigenvalue weighted by Gasteiger charge is -2.26. The van der Waals surface area contributed by atoms with E-state index in [0.29, 0.717) is 0 Å². The SMILES string of the molecule is NCCc1c(C2CCC2)[nH]c2c1CNC2. The first kappa shape index (κ1) is 9.43. The van der Waals surface area contributed by atoms with Crippen LogP contribution in [0.4, 0.5) is 0 Å². The van der Waals surface area contributed by atoms with Gasteiger partial charge in [0.2, 0.25) is 0 Å². The van der Waals surface area contributed by atoms with Gasteiger partial charge in [-0.25, -0.2) is 0 Å². The Morgan fingerprint density at radius 3 is 2.80 bits per heavy atom. The van der Waals surface area contributed by atoms with Gasteiger partial charge in [-0.05, 0) is 42.9 Å². The number of hydrogen-bond acceptors (Lipinski definition) is 2. The Bertz CT molecular complexity index is 363. The van der Waals surface area contributed by atoms with Crippen molar-refractivity contribution in [3.05, 3.63) is 22.5 Å². The summed E-state index contributed by atoms with van der Waals surface area (Å²) in [6.07, 6.45) is 5.17. The standard InChI is InChI=1S/C12H19N3/c13-5-4-9-10-6-14-7-11(10)15-12(9)8-2-1-3-8/h8,14-15H,1-7,13H2. The van der Waals surface area contributed by atoms with Crippen LogP contribution in [0.5, 0.6) is 0 Å². The van der Waals surface area contributed by atoms with E-state index in [2.05, 4.69) is 10.3 Å². The second-order valence-corrected chi connectivity index (χ2v) is 4.74. The van der Waals surface area contributed by atoms with Crippen molar-refractivity contribution in [2.75, 3.05) is 6.54 Å². The normalized spacial score (nSPS) is 20.3. The molecule has 0 spiro atoms. The number of nitrogens with one attached hydrogen (secondary N) is 2. The molecular weight excluding hydrogens is 186 g/mol. The van der Waals surface area contributed by atoms with Gasteiger partial charge in [0.15, 0.2) is 0 Å². The van der Waals surface area contributed by atoms with E-state index in [0.717, 1.165) is 32.0 Å². The van der Waals surface area contributed by atoms with Gasteiger partial charge in [-0.2, -0.15) is 0 Å². The fourth-order valence-electron chi connectivity index (χ4n) is 2.81. The smallest absolute Gasteiger partial charge is 0.0363 e. The van der Waals surface area contributed by atoms with Crippen LogP contribution < -0.4 is 11.1 Å². The van der Waals surface area contributed by atoms with Crippen molar-refractivity contribution in [3.63, 3.8) is 0 Å². The van der Waals surface area contributed by atoms with Crippen LogP contribution in [0, 0.1) is 0 Å². The number of aromatic amines is 1. The maximum Gasteiger partial charge on any atom is 0.0363 e. The molecule has 4 N–H and O–H groups in total. The molecule has 15 heavy (non-hydrogen) atoms. The molecule has 1 saturated carbocycles. The molecule has 1 aromatic heterocycles. The van der Waals surface area contributed by atoms with Gasteiger partial charge in [-0.3, -0.25) is 0 Å². The maximum atomic E-state index is 5.71. The highest BCUT2D eigenvalue weighted by atomic mass is 14.9. The molecule has 0 unspecified atom stereocenters. The van der Waals surface area contributed by atoms with E-state index in [1.165, 1.54) is 41.8 Å². The summed E-state index contributed by atoms with van der Waals surface area (Å²) in [5.41, 5.74) is 11.7. The average molecular weight is 205 g/mol. The largest absolute Gasteiger partial charge is 0.360 e. The van der Waals surface area contributed by atoms with Crippen molar-refractivity contribution in [3.8, 4) is 0 Å². The minimum atomic E-state index is 0.768. The molecule has 0 aromatic carbocycles. The monoisotopic (exact) mass is 205 g/mol. The van der Waals surface area contributed by atoms with E-state index in [9.17, 15) is 0 Å². The fraction of sp³-hybridized carbons (Fsp3) is 0.667. The number of H-pyrrole nitrogens is 1. The summed E-state index contributed by atoms with van der Waals surface area (Å²) in [6.45, 7) is 2.82. The van der Waals surface area contributed by atoms with Gasteiger partial charge in [0, 0.05) is 24.5 Å². The van der Waals surface area contributed by atoms with Gasteiger partial charge < -0.3 is 16.0 Å². The lowest BCUT2D eigenvalue weighted by Crippen LogP contribution is -2.15. The van der Waals surface area contributed by atoms with Crippen LogP contribution in [-0.4, -0.2) is 11.5 Å². The zero-order valence-corrected chi connectivity index (χ0v) is 9.10. The Balaban J connectivity index is 1.97. The van der Waals surface area contributed by atoms with Crippen molar-refractivity contribution < 1.29 is 0 Å². The van der Waals surface area contributed by atoms with Gasteiger partial charge in [0.1, 0.15) is 0 Å². The highest BCUT2D eigenvalue weighted by molar-refractivity contribution is 5.41. The molecule has 2 aliphatic rings. The van der Waals surface area contributed by atoms with Crippen LogP contribution in [0.3, 0.4) is 0 Å². The predicted molar refractivity (Wildman–Crippen MR) is 60.7 cm³/mol. The molecule has 0 bridgehead atoms. The summed E-state index contributed by atoms with van der Waals surface area (Å²) in [4.78, 5) is 3.63. The van der Waals surface area contributed by atoms with Gasteiger partial charge in [0.25, 0.3) is 0 Å². The molecule has 82 valence electrons. The number of fused-ring (bicyclic) bond motifs is 1. The molecule has 1 aliphatic carbocycles. The number of hydrogen-bond donors (Lipinski definition) is 3. The number of nitrogens with two attached hydrogens (primary N) is 1. The molecule has 3 nitrogen and oxygen atoms in total. The topological polar surface area (TPSA) is 53.8 Å². The second kappa shape index (κ2) is 3.65. The van der Waals surface area contributed by atoms with E-state index in [-0.39, 0.29) is 0 Å². The van der Waals surface area contributed by atoms with E-state index >= 15 is 0 Å². The second-order valence-electron chi connectivity index (χ2n) is 4.74. The molecule has 0 amide bonds. The third kappa shape index (κ3) is 1.42. The average Bonchev–Trinajstić information content (AvgIpc) is 2.67. The van der Waals surface area contributed by atoms with Crippen LogP contribution >= 0.6 is 0 Å². The number of rotatable bonds is 3. The summed E-state index contributed by atoms with van der Waals surface area (Å²) in [5.74, 6) is 0.803. The van der Waals surface area contributed by atoms with Crippen LogP contribution in [0.1, 0.15) is 47.7 Å². The van der Waals surface area contributed by atoms with Crippen molar-refractivity contribution in [2.24, 2.45) is 5.73 Å². The summed E-state index contributed by atoms with van der Waals surface area (Å²) in [5, 5.41) is 3.40. The molecule has 1 aliphatic heterocycles. The zero-order chi connectivity index (χ0) is 10.3. The Labute approximate surface area is 90.4 Å². The molecule has 3 heteroatoms. The molecular formula is C12H19N3. The van der Waals surface area contributed by atoms with Crippen LogP contribution in [0.15, 0.2) is 0 Å². The van der Waals surface area contributed by atoms with Crippen LogP contribution in [-0.2, 0) is 19.5 Å². The summed E-state index contributed by atoms with van der Waals surface area (Å²) >= 11 is 0. The molecule has 1 aromatic rings. The predicted octanol–water partition coefficient (Wildman–Crippen LogP) is 1.39. The Hall–Kier alpha value is -0.800. The molecule has 2 heterocycles. The van der Waals surface area contributed by atoms with Crippen molar-refractivity contribution in [1.82, 2.24) is 10.3 Å². The first-order valence-corrected chi connectivity index (χ1v) is 6.03. The first-order chi connectivity index (χ1) is 7.40. The minimum Gasteiger partial charge on any atom is -0.360 e. The van der Waals surface area contributed by atoms with E-state index < -0.39 is 0 Å². The van der Waals surface area contributed by atoms with E-state index in [4.69, 9.17) is 5.73 Å². The summed E-state index contributed by atoms with van der Waals surface area (Å²) in [6, 6.07) is 0. The molecule has 0 atom stereocenters. The lowest BCUT2D eigenvalue weighted by atomic mass is 9.81. The highest BCUT2D eigenvalue weighted by Gasteiger charge is 2.28. The molecule has 3 rings (SSSR count). The lowest BCUT2D eigenvalue weighted by molar-refractivity contribution is 0.409. The minimum absolute atomic E-state index is 0.768. The fourth-order valence-corrected chi connectivity index (χ4v) is 2.81. The van der Waals surface area contributed by atoms with Gasteiger partial charge >= 0.3 is 0 Å². The molecule has 1 fully saturated rings. The van der Waals surface area contributed by atoms with E-state index in [1.54, 1.807) is 0 Å². The van der Waals surface area contributed by atoms with Gasteiger partial charge in [-0.15, -0.1) is 0 Å². The van der Waals surface area contributed by atoms with Crippen LogP contribution in [0.2, 0.25) is 0 Å². The molecule has 0 radical (unpaired) electrons. The van der Waals surface area contributed by atoms with Gasteiger partial charge in [-0.1, -0.05) is 6.42 Å². The zero-order valence-electron chi connectivity index (χ0n) is 9.10. The Kier molecular flexibility index (Phi) is 2.29. The summed E-state index contributed by atoms with van der Waals surface area (Å²) < 4.78 is 0. The first-order valence-electron chi connectivity index (χ1n) is 6.03.